The smallest absolute Gasteiger partial charge is 0.243 e. The number of hydrogen-bond acceptors (Lipinski definition) is 5. The van der Waals surface area contributed by atoms with Gasteiger partial charge in [0.25, 0.3) is 0 Å². The number of rotatable bonds is 6. The first-order valence-corrected chi connectivity index (χ1v) is 12.3. The van der Waals surface area contributed by atoms with Crippen LogP contribution in [0.3, 0.4) is 0 Å². The van der Waals surface area contributed by atoms with Crippen molar-refractivity contribution in [1.29, 1.82) is 0 Å². The summed E-state index contributed by atoms with van der Waals surface area (Å²) in [5, 5.41) is -0.418. The summed E-state index contributed by atoms with van der Waals surface area (Å²) < 4.78 is 63.9. The van der Waals surface area contributed by atoms with Crippen LogP contribution < -0.4 is 4.72 Å². The Hall–Kier alpha value is -1.52. The summed E-state index contributed by atoms with van der Waals surface area (Å²) in [6.07, 6.45) is 3.58. The molecule has 2 aliphatic rings. The minimum atomic E-state index is -4.03. The highest BCUT2D eigenvalue weighted by molar-refractivity contribution is 7.91. The number of sulfone groups is 1. The Balaban J connectivity index is 1.59. The Morgan fingerprint density at radius 1 is 1.15 bits per heavy atom. The van der Waals surface area contributed by atoms with Crippen molar-refractivity contribution in [2.75, 3.05) is 12.8 Å². The van der Waals surface area contributed by atoms with Gasteiger partial charge in [-0.1, -0.05) is 12.1 Å². The van der Waals surface area contributed by atoms with Crippen molar-refractivity contribution in [3.8, 4) is 0 Å². The number of halogens is 1. The third kappa shape index (κ3) is 4.33. The second-order valence-electron chi connectivity index (χ2n) is 7.19. The largest absolute Gasteiger partial charge is 0.337 e. The summed E-state index contributed by atoms with van der Waals surface area (Å²) in [5.41, 5.74) is 0. The summed E-state index contributed by atoms with van der Waals surface area (Å²) in [7, 11) is -7.17. The maximum atomic E-state index is 13.7. The molecule has 10 heteroatoms. The van der Waals surface area contributed by atoms with E-state index in [1.807, 2.05) is 0 Å². The zero-order valence-electron chi connectivity index (χ0n) is 15.0. The van der Waals surface area contributed by atoms with Crippen LogP contribution in [0.15, 0.2) is 29.2 Å². The highest BCUT2D eigenvalue weighted by Gasteiger charge is 2.45. The molecule has 0 radical (unpaired) electrons. The van der Waals surface area contributed by atoms with E-state index in [1.165, 1.54) is 18.4 Å². The van der Waals surface area contributed by atoms with Crippen LogP contribution in [0.2, 0.25) is 0 Å². The molecule has 2 atom stereocenters. The van der Waals surface area contributed by atoms with Gasteiger partial charge in [-0.15, -0.1) is 0 Å². The predicted octanol–water partition coefficient (Wildman–Crippen LogP) is 1.06. The Morgan fingerprint density at radius 3 is 2.30 bits per heavy atom. The first kappa shape index (κ1) is 20.2. The Morgan fingerprint density at radius 2 is 1.74 bits per heavy atom. The van der Waals surface area contributed by atoms with Gasteiger partial charge in [0.1, 0.15) is 20.5 Å². The predicted molar refractivity (Wildman–Crippen MR) is 97.7 cm³/mol. The fraction of sp³-hybridized carbons (Fsp3) is 0.588. The standard InChI is InChI=1S/C17H23FN2O5S2/c1-26(22,23)14-10-12-6-7-13(11-14)20(12)17(21)8-9-19-27(24,25)16-5-3-2-4-15(16)18/h2-5,12-14,19H,6-11H2,1H3. The fourth-order valence-electron chi connectivity index (χ4n) is 4.05. The van der Waals surface area contributed by atoms with Crippen molar-refractivity contribution >= 4 is 25.8 Å². The maximum Gasteiger partial charge on any atom is 0.243 e. The van der Waals surface area contributed by atoms with E-state index in [4.69, 9.17) is 0 Å². The van der Waals surface area contributed by atoms with E-state index in [9.17, 15) is 26.0 Å². The van der Waals surface area contributed by atoms with Crippen LogP contribution in [-0.2, 0) is 24.7 Å². The second-order valence-corrected chi connectivity index (χ2v) is 11.2. The van der Waals surface area contributed by atoms with Gasteiger partial charge in [-0.3, -0.25) is 4.79 Å². The molecule has 150 valence electrons. The lowest BCUT2D eigenvalue weighted by atomic mass is 10.0. The van der Waals surface area contributed by atoms with Gasteiger partial charge in [-0.05, 0) is 37.8 Å². The third-order valence-electron chi connectivity index (χ3n) is 5.34. The Labute approximate surface area is 158 Å². The van der Waals surface area contributed by atoms with E-state index in [-0.39, 0.29) is 31.0 Å². The quantitative estimate of drug-likeness (QED) is 0.745. The van der Waals surface area contributed by atoms with Gasteiger partial charge in [0, 0.05) is 31.3 Å². The summed E-state index contributed by atoms with van der Waals surface area (Å²) in [6.45, 7) is -0.138. The number of amides is 1. The molecule has 27 heavy (non-hydrogen) atoms. The van der Waals surface area contributed by atoms with Crippen LogP contribution >= 0.6 is 0 Å². The number of carbonyl (C=O) groups is 1. The number of carbonyl (C=O) groups excluding carboxylic acids is 1. The first-order chi connectivity index (χ1) is 12.6. The van der Waals surface area contributed by atoms with E-state index >= 15 is 0 Å². The molecule has 2 heterocycles. The van der Waals surface area contributed by atoms with Crippen LogP contribution in [0.1, 0.15) is 32.1 Å². The first-order valence-electron chi connectivity index (χ1n) is 8.84. The summed E-state index contributed by atoms with van der Waals surface area (Å²) in [4.78, 5) is 13.8. The molecule has 1 amide bonds. The molecule has 2 aliphatic heterocycles. The number of hydrogen-bond donors (Lipinski definition) is 1. The molecule has 0 aliphatic carbocycles. The van der Waals surface area contributed by atoms with Gasteiger partial charge in [-0.25, -0.2) is 25.9 Å². The molecule has 1 aromatic rings. The normalized spacial score (nSPS) is 25.6. The lowest BCUT2D eigenvalue weighted by molar-refractivity contribution is -0.135. The number of nitrogens with one attached hydrogen (secondary N) is 1. The van der Waals surface area contributed by atoms with E-state index in [0.29, 0.717) is 12.8 Å². The Kier molecular flexibility index (Phi) is 5.60. The zero-order chi connectivity index (χ0) is 19.8. The second kappa shape index (κ2) is 7.48. The average molecular weight is 419 g/mol. The van der Waals surface area contributed by atoms with Crippen molar-refractivity contribution in [3.63, 3.8) is 0 Å². The molecule has 7 nitrogen and oxygen atoms in total. The lowest BCUT2D eigenvalue weighted by Crippen LogP contribution is -2.50. The fourth-order valence-corrected chi connectivity index (χ4v) is 6.30. The van der Waals surface area contributed by atoms with Gasteiger partial charge in [0.2, 0.25) is 15.9 Å². The molecule has 3 rings (SSSR count). The molecule has 0 spiro atoms. The SMILES string of the molecule is CS(=O)(=O)C1CC2CCC(C1)N2C(=O)CCNS(=O)(=O)c1ccccc1F. The van der Waals surface area contributed by atoms with Gasteiger partial charge in [-0.2, -0.15) is 0 Å². The highest BCUT2D eigenvalue weighted by Crippen LogP contribution is 2.38. The molecule has 0 aromatic heterocycles. The molecular weight excluding hydrogens is 395 g/mol. The molecular formula is C17H23FN2O5S2. The van der Waals surface area contributed by atoms with Gasteiger partial charge >= 0.3 is 0 Å². The topological polar surface area (TPSA) is 101 Å². The van der Waals surface area contributed by atoms with E-state index in [2.05, 4.69) is 4.72 Å². The van der Waals surface area contributed by atoms with E-state index < -0.39 is 35.8 Å². The number of benzene rings is 1. The van der Waals surface area contributed by atoms with Crippen LogP contribution in [-0.4, -0.2) is 57.8 Å². The van der Waals surface area contributed by atoms with Gasteiger partial charge in [0.05, 0.1) is 5.25 Å². The lowest BCUT2D eigenvalue weighted by Gasteiger charge is -2.38. The maximum absolute atomic E-state index is 13.7. The van der Waals surface area contributed by atoms with Crippen LogP contribution in [0.5, 0.6) is 0 Å². The summed E-state index contributed by atoms with van der Waals surface area (Å²) in [5.74, 6) is -1.05. The molecule has 2 fully saturated rings. The molecule has 1 N–H and O–H groups in total. The van der Waals surface area contributed by atoms with E-state index in [0.717, 1.165) is 25.0 Å². The Bertz CT molecular complexity index is 918. The zero-order valence-corrected chi connectivity index (χ0v) is 16.6. The molecule has 1 aromatic carbocycles. The van der Waals surface area contributed by atoms with Crippen molar-refractivity contribution in [2.24, 2.45) is 0 Å². The van der Waals surface area contributed by atoms with Crippen LogP contribution in [0.25, 0.3) is 0 Å². The molecule has 2 bridgehead atoms. The molecule has 2 saturated heterocycles. The number of fused-ring (bicyclic) bond motifs is 2. The third-order valence-corrected chi connectivity index (χ3v) is 8.43. The minimum Gasteiger partial charge on any atom is -0.337 e. The van der Waals surface area contributed by atoms with Crippen LogP contribution in [0.4, 0.5) is 4.39 Å². The number of nitrogens with zero attached hydrogens (tertiary/aromatic N) is 1. The van der Waals surface area contributed by atoms with Gasteiger partial charge in [0.15, 0.2) is 0 Å². The summed E-state index contributed by atoms with van der Waals surface area (Å²) >= 11 is 0. The van der Waals surface area contributed by atoms with E-state index in [1.54, 1.807) is 4.90 Å². The summed E-state index contributed by atoms with van der Waals surface area (Å²) in [6, 6.07) is 4.82. The number of piperidine rings is 1. The average Bonchev–Trinajstić information content (AvgIpc) is 2.83. The highest BCUT2D eigenvalue weighted by atomic mass is 32.2. The van der Waals surface area contributed by atoms with Gasteiger partial charge < -0.3 is 4.90 Å². The number of sulfonamides is 1. The monoisotopic (exact) mass is 418 g/mol. The van der Waals surface area contributed by atoms with Crippen LogP contribution in [0, 0.1) is 5.82 Å². The van der Waals surface area contributed by atoms with Crippen molar-refractivity contribution < 1.29 is 26.0 Å². The van der Waals surface area contributed by atoms with Crippen molar-refractivity contribution in [2.45, 2.75) is 54.3 Å². The molecule has 0 saturated carbocycles. The molecule has 2 unspecified atom stereocenters. The van der Waals surface area contributed by atoms with Crippen molar-refractivity contribution in [1.82, 2.24) is 9.62 Å². The van der Waals surface area contributed by atoms with Crippen molar-refractivity contribution in [3.05, 3.63) is 30.1 Å². The minimum absolute atomic E-state index is 0.0514.